The topological polar surface area (TPSA) is 29.5 Å². The Labute approximate surface area is 97.3 Å². The fraction of sp³-hybridized carbons (Fsp3) is 0.571. The molecule has 0 spiro atoms. The normalized spacial score (nSPS) is 20.2. The highest BCUT2D eigenvalue weighted by Gasteiger charge is 2.32. The summed E-state index contributed by atoms with van der Waals surface area (Å²) in [6.07, 6.45) is 1.01. The molecule has 1 aliphatic heterocycles. The van der Waals surface area contributed by atoms with Gasteiger partial charge in [0.25, 0.3) is 0 Å². The molecule has 2 nitrogen and oxygen atoms in total. The first kappa shape index (κ1) is 11.6. The lowest BCUT2D eigenvalue weighted by Gasteiger charge is -2.36. The van der Waals surface area contributed by atoms with Crippen molar-refractivity contribution >= 4 is 0 Å². The molecular formula is C14H20O2. The Morgan fingerprint density at radius 2 is 1.94 bits per heavy atom. The van der Waals surface area contributed by atoms with Crippen LogP contribution in [0.4, 0.5) is 0 Å². The highest BCUT2D eigenvalue weighted by Crippen LogP contribution is 2.33. The minimum absolute atomic E-state index is 0.123. The molecule has 0 aliphatic carbocycles. The maximum atomic E-state index is 9.64. The Morgan fingerprint density at radius 3 is 2.38 bits per heavy atom. The maximum absolute atomic E-state index is 9.64. The number of benzene rings is 1. The molecule has 2 rings (SSSR count). The van der Waals surface area contributed by atoms with Crippen LogP contribution in [-0.2, 0) is 10.2 Å². The van der Waals surface area contributed by atoms with E-state index in [0.717, 1.165) is 19.6 Å². The van der Waals surface area contributed by atoms with Crippen molar-refractivity contribution in [2.45, 2.75) is 25.7 Å². The Morgan fingerprint density at radius 1 is 1.31 bits per heavy atom. The van der Waals surface area contributed by atoms with Gasteiger partial charge in [-0.3, -0.25) is 0 Å². The van der Waals surface area contributed by atoms with Crippen LogP contribution in [0.3, 0.4) is 0 Å². The third-order valence-electron chi connectivity index (χ3n) is 3.54. The number of aryl methyl sites for hydroxylation is 1. The van der Waals surface area contributed by atoms with Gasteiger partial charge in [0, 0.05) is 11.3 Å². The van der Waals surface area contributed by atoms with Crippen LogP contribution >= 0.6 is 0 Å². The maximum Gasteiger partial charge on any atom is 0.0525 e. The number of aliphatic hydroxyl groups is 1. The van der Waals surface area contributed by atoms with Crippen LogP contribution in [0, 0.1) is 12.8 Å². The first-order chi connectivity index (χ1) is 7.64. The molecule has 1 aromatic carbocycles. The van der Waals surface area contributed by atoms with Gasteiger partial charge in [-0.25, -0.2) is 0 Å². The van der Waals surface area contributed by atoms with E-state index in [2.05, 4.69) is 38.1 Å². The van der Waals surface area contributed by atoms with E-state index in [1.807, 2.05) is 0 Å². The van der Waals surface area contributed by atoms with Gasteiger partial charge in [-0.05, 0) is 18.9 Å². The predicted octanol–water partition coefficient (Wildman–Crippen LogP) is 2.28. The van der Waals surface area contributed by atoms with Gasteiger partial charge in [0.2, 0.25) is 0 Å². The number of hydrogen-bond donors (Lipinski definition) is 1. The lowest BCUT2D eigenvalue weighted by molar-refractivity contribution is -0.0485. The standard InChI is InChI=1S/C14H20O2/c1-11-3-5-13(6-4-11)14(2,10-15)7-12-8-16-9-12/h3-6,12,15H,7-10H2,1-2H3. The van der Waals surface area contributed by atoms with E-state index in [4.69, 9.17) is 4.74 Å². The highest BCUT2D eigenvalue weighted by molar-refractivity contribution is 5.28. The average molecular weight is 220 g/mol. The van der Waals surface area contributed by atoms with E-state index in [9.17, 15) is 5.11 Å². The highest BCUT2D eigenvalue weighted by atomic mass is 16.5. The third kappa shape index (κ3) is 2.28. The van der Waals surface area contributed by atoms with Crippen molar-refractivity contribution in [3.05, 3.63) is 35.4 Å². The molecule has 1 N–H and O–H groups in total. The lowest BCUT2D eigenvalue weighted by Crippen LogP contribution is -2.37. The van der Waals surface area contributed by atoms with Gasteiger partial charge in [0.15, 0.2) is 0 Å². The molecule has 0 radical (unpaired) electrons. The minimum Gasteiger partial charge on any atom is -0.395 e. The largest absolute Gasteiger partial charge is 0.395 e. The molecule has 1 aliphatic rings. The van der Waals surface area contributed by atoms with E-state index in [0.29, 0.717) is 5.92 Å². The zero-order chi connectivity index (χ0) is 11.6. The monoisotopic (exact) mass is 220 g/mol. The quantitative estimate of drug-likeness (QED) is 0.843. The van der Waals surface area contributed by atoms with E-state index in [-0.39, 0.29) is 12.0 Å². The Hall–Kier alpha value is -0.860. The molecule has 0 saturated carbocycles. The van der Waals surface area contributed by atoms with Crippen molar-refractivity contribution < 1.29 is 9.84 Å². The number of rotatable bonds is 4. The molecule has 1 fully saturated rings. The SMILES string of the molecule is Cc1ccc(C(C)(CO)CC2COC2)cc1. The predicted molar refractivity (Wildman–Crippen MR) is 64.5 cm³/mol. The number of ether oxygens (including phenoxy) is 1. The first-order valence-corrected chi connectivity index (χ1v) is 5.90. The lowest BCUT2D eigenvalue weighted by atomic mass is 9.75. The van der Waals surface area contributed by atoms with Gasteiger partial charge in [0.1, 0.15) is 0 Å². The van der Waals surface area contributed by atoms with Crippen LogP contribution in [0.1, 0.15) is 24.5 Å². The molecule has 0 amide bonds. The zero-order valence-corrected chi connectivity index (χ0v) is 10.1. The van der Waals surface area contributed by atoms with Crippen molar-refractivity contribution in [2.75, 3.05) is 19.8 Å². The summed E-state index contributed by atoms with van der Waals surface area (Å²) >= 11 is 0. The van der Waals surface area contributed by atoms with Crippen molar-refractivity contribution in [2.24, 2.45) is 5.92 Å². The van der Waals surface area contributed by atoms with Gasteiger partial charge in [-0.15, -0.1) is 0 Å². The molecule has 1 unspecified atom stereocenters. The second kappa shape index (κ2) is 4.56. The zero-order valence-electron chi connectivity index (χ0n) is 10.1. The van der Waals surface area contributed by atoms with Crippen LogP contribution in [0.2, 0.25) is 0 Å². The van der Waals surface area contributed by atoms with Crippen LogP contribution in [0.25, 0.3) is 0 Å². The van der Waals surface area contributed by atoms with Gasteiger partial charge in [0.05, 0.1) is 19.8 Å². The second-order valence-corrected chi connectivity index (χ2v) is 5.19. The molecule has 1 aromatic rings. The van der Waals surface area contributed by atoms with Crippen molar-refractivity contribution in [3.63, 3.8) is 0 Å². The van der Waals surface area contributed by atoms with Crippen LogP contribution in [0.15, 0.2) is 24.3 Å². The molecule has 1 heterocycles. The molecule has 0 aromatic heterocycles. The smallest absolute Gasteiger partial charge is 0.0525 e. The Kier molecular flexibility index (Phi) is 3.31. The fourth-order valence-corrected chi connectivity index (χ4v) is 2.27. The van der Waals surface area contributed by atoms with E-state index < -0.39 is 0 Å². The van der Waals surface area contributed by atoms with Crippen molar-refractivity contribution in [1.82, 2.24) is 0 Å². The first-order valence-electron chi connectivity index (χ1n) is 5.90. The number of aliphatic hydroxyl groups excluding tert-OH is 1. The summed E-state index contributed by atoms with van der Waals surface area (Å²) in [5.41, 5.74) is 2.37. The number of hydrogen-bond acceptors (Lipinski definition) is 2. The molecule has 2 heteroatoms. The Balaban J connectivity index is 2.15. The summed E-state index contributed by atoms with van der Waals surface area (Å²) < 4.78 is 5.20. The summed E-state index contributed by atoms with van der Waals surface area (Å²) in [4.78, 5) is 0. The van der Waals surface area contributed by atoms with E-state index in [1.165, 1.54) is 11.1 Å². The third-order valence-corrected chi connectivity index (χ3v) is 3.54. The van der Waals surface area contributed by atoms with Crippen molar-refractivity contribution in [1.29, 1.82) is 0 Å². The van der Waals surface area contributed by atoms with Gasteiger partial charge in [-0.1, -0.05) is 36.8 Å². The molecule has 88 valence electrons. The summed E-state index contributed by atoms with van der Waals surface area (Å²) in [6.45, 7) is 6.12. The summed E-state index contributed by atoms with van der Waals surface area (Å²) in [5, 5.41) is 9.64. The second-order valence-electron chi connectivity index (χ2n) is 5.19. The summed E-state index contributed by atoms with van der Waals surface area (Å²) in [7, 11) is 0. The Bertz CT molecular complexity index is 340. The summed E-state index contributed by atoms with van der Waals surface area (Å²) in [5.74, 6) is 0.610. The van der Waals surface area contributed by atoms with Crippen LogP contribution in [-0.4, -0.2) is 24.9 Å². The van der Waals surface area contributed by atoms with Gasteiger partial charge in [-0.2, -0.15) is 0 Å². The van der Waals surface area contributed by atoms with E-state index in [1.54, 1.807) is 0 Å². The summed E-state index contributed by atoms with van der Waals surface area (Å²) in [6, 6.07) is 8.48. The molecule has 1 saturated heterocycles. The minimum atomic E-state index is -0.123. The molecular weight excluding hydrogens is 200 g/mol. The van der Waals surface area contributed by atoms with Gasteiger partial charge < -0.3 is 9.84 Å². The van der Waals surface area contributed by atoms with Crippen molar-refractivity contribution in [3.8, 4) is 0 Å². The van der Waals surface area contributed by atoms with E-state index >= 15 is 0 Å². The fourth-order valence-electron chi connectivity index (χ4n) is 2.27. The molecule has 1 atom stereocenters. The molecule has 0 bridgehead atoms. The average Bonchev–Trinajstić information content (AvgIpc) is 2.24. The van der Waals surface area contributed by atoms with Crippen LogP contribution in [0.5, 0.6) is 0 Å². The van der Waals surface area contributed by atoms with Gasteiger partial charge >= 0.3 is 0 Å². The molecule has 16 heavy (non-hydrogen) atoms. The van der Waals surface area contributed by atoms with Crippen LogP contribution < -0.4 is 0 Å².